The first-order valence-electron chi connectivity index (χ1n) is 12.2. The minimum atomic E-state index is -1.74. The lowest BCUT2D eigenvalue weighted by molar-refractivity contribution is -0.384. The van der Waals surface area contributed by atoms with Crippen molar-refractivity contribution in [1.82, 2.24) is 15.3 Å². The van der Waals surface area contributed by atoms with Gasteiger partial charge in [-0.15, -0.1) is 0 Å². The van der Waals surface area contributed by atoms with Crippen LogP contribution in [-0.2, 0) is 16.8 Å². The minimum absolute atomic E-state index is 0.0487. The number of benzene rings is 3. The van der Waals surface area contributed by atoms with Crippen molar-refractivity contribution in [2.75, 3.05) is 0 Å². The van der Waals surface area contributed by atoms with Crippen LogP contribution in [0.15, 0.2) is 91.0 Å². The number of carbonyl (C=O) groups excluding carboxylic acids is 1. The Labute approximate surface area is 224 Å². The molecule has 1 amide bonds. The van der Waals surface area contributed by atoms with E-state index in [1.807, 2.05) is 6.92 Å². The number of ether oxygens (including phenoxy) is 1. The van der Waals surface area contributed by atoms with Crippen LogP contribution in [0.4, 0.5) is 5.69 Å². The molecule has 0 fully saturated rings. The molecule has 4 rings (SSSR count). The molecule has 198 valence electrons. The van der Waals surface area contributed by atoms with Gasteiger partial charge in [0.25, 0.3) is 11.6 Å². The SMILES string of the molecule is CCc1cc(OC(C(=O)O)C(NC(=O)c2ccc([N+](=O)[O-])cc2)(c2ccccc2)c2ccccc2)nc(C)n1. The van der Waals surface area contributed by atoms with Crippen LogP contribution in [0.25, 0.3) is 0 Å². The van der Waals surface area contributed by atoms with E-state index in [2.05, 4.69) is 15.3 Å². The molecule has 1 aromatic heterocycles. The number of nitro groups is 1. The summed E-state index contributed by atoms with van der Waals surface area (Å²) in [5.41, 5.74) is -0.255. The first-order valence-corrected chi connectivity index (χ1v) is 12.2. The average Bonchev–Trinajstić information content (AvgIpc) is 2.95. The zero-order valence-electron chi connectivity index (χ0n) is 21.3. The van der Waals surface area contributed by atoms with Crippen molar-refractivity contribution in [3.05, 3.63) is 129 Å². The zero-order valence-corrected chi connectivity index (χ0v) is 21.3. The number of hydrogen-bond acceptors (Lipinski definition) is 7. The molecule has 4 aromatic rings. The molecule has 0 bridgehead atoms. The number of amides is 1. The number of rotatable bonds is 10. The second kappa shape index (κ2) is 11.5. The Kier molecular flexibility index (Phi) is 7.95. The first-order chi connectivity index (χ1) is 18.7. The number of nitrogens with zero attached hydrogens (tertiary/aromatic N) is 3. The molecular formula is C29H26N4O6. The highest BCUT2D eigenvalue weighted by atomic mass is 16.6. The third-order valence-electron chi connectivity index (χ3n) is 6.20. The molecule has 0 aliphatic carbocycles. The van der Waals surface area contributed by atoms with Gasteiger partial charge >= 0.3 is 5.97 Å². The van der Waals surface area contributed by atoms with Crippen molar-refractivity contribution < 1.29 is 24.4 Å². The van der Waals surface area contributed by atoms with Gasteiger partial charge in [-0.2, -0.15) is 4.98 Å². The van der Waals surface area contributed by atoms with Crippen LogP contribution < -0.4 is 10.1 Å². The molecule has 0 spiro atoms. The highest BCUT2D eigenvalue weighted by Crippen LogP contribution is 2.36. The van der Waals surface area contributed by atoms with Gasteiger partial charge < -0.3 is 15.2 Å². The van der Waals surface area contributed by atoms with Crippen LogP contribution >= 0.6 is 0 Å². The molecule has 2 N–H and O–H groups in total. The summed E-state index contributed by atoms with van der Waals surface area (Å²) in [7, 11) is 0. The van der Waals surface area contributed by atoms with Crippen LogP contribution in [0, 0.1) is 17.0 Å². The molecule has 1 heterocycles. The van der Waals surface area contributed by atoms with Crippen LogP contribution in [0.2, 0.25) is 0 Å². The monoisotopic (exact) mass is 526 g/mol. The Morgan fingerprint density at radius 3 is 2.03 bits per heavy atom. The maximum Gasteiger partial charge on any atom is 0.348 e. The second-order valence-electron chi connectivity index (χ2n) is 8.73. The van der Waals surface area contributed by atoms with E-state index in [4.69, 9.17) is 4.74 Å². The van der Waals surface area contributed by atoms with Gasteiger partial charge in [0.05, 0.1) is 4.92 Å². The van der Waals surface area contributed by atoms with E-state index in [1.165, 1.54) is 24.3 Å². The largest absolute Gasteiger partial charge is 0.478 e. The number of nitrogens with one attached hydrogen (secondary N) is 1. The number of aliphatic carboxylic acids is 1. The molecule has 0 saturated heterocycles. The summed E-state index contributed by atoms with van der Waals surface area (Å²) in [6.07, 6.45) is -1.10. The topological polar surface area (TPSA) is 145 Å². The minimum Gasteiger partial charge on any atom is -0.478 e. The number of aromatic nitrogens is 2. The van der Waals surface area contributed by atoms with Gasteiger partial charge in [0.15, 0.2) is 0 Å². The third kappa shape index (κ3) is 5.74. The van der Waals surface area contributed by atoms with Gasteiger partial charge in [0, 0.05) is 29.5 Å². The predicted octanol–water partition coefficient (Wildman–Crippen LogP) is 4.46. The maximum atomic E-state index is 13.7. The van der Waals surface area contributed by atoms with Crippen molar-refractivity contribution in [2.24, 2.45) is 0 Å². The van der Waals surface area contributed by atoms with E-state index in [1.54, 1.807) is 73.7 Å². The van der Waals surface area contributed by atoms with Crippen LogP contribution in [-0.4, -0.2) is 38.0 Å². The van der Waals surface area contributed by atoms with E-state index in [9.17, 15) is 24.8 Å². The molecule has 0 aliphatic rings. The lowest BCUT2D eigenvalue weighted by atomic mass is 9.77. The third-order valence-corrected chi connectivity index (χ3v) is 6.20. The Balaban J connectivity index is 1.91. The van der Waals surface area contributed by atoms with Gasteiger partial charge in [-0.25, -0.2) is 9.78 Å². The lowest BCUT2D eigenvalue weighted by Crippen LogP contribution is -2.59. The quantitative estimate of drug-likeness (QED) is 0.228. The summed E-state index contributed by atoms with van der Waals surface area (Å²) in [5, 5.41) is 24.6. The highest BCUT2D eigenvalue weighted by Gasteiger charge is 2.50. The molecule has 10 nitrogen and oxygen atoms in total. The lowest BCUT2D eigenvalue weighted by Gasteiger charge is -2.40. The van der Waals surface area contributed by atoms with Crippen molar-refractivity contribution in [3.8, 4) is 5.88 Å². The molecule has 1 unspecified atom stereocenters. The Hall–Kier alpha value is -5.12. The normalized spacial score (nSPS) is 11.8. The van der Waals surface area contributed by atoms with E-state index in [0.29, 0.717) is 29.1 Å². The summed E-state index contributed by atoms with van der Waals surface area (Å²) >= 11 is 0. The van der Waals surface area contributed by atoms with Crippen molar-refractivity contribution in [1.29, 1.82) is 0 Å². The van der Waals surface area contributed by atoms with E-state index >= 15 is 0 Å². The fraction of sp³-hybridized carbons (Fsp3) is 0.172. The Bertz CT molecular complexity index is 1440. The number of carboxylic acids is 1. The number of hydrogen-bond donors (Lipinski definition) is 2. The molecule has 1 atom stereocenters. The first kappa shape index (κ1) is 26.9. The van der Waals surface area contributed by atoms with Gasteiger partial charge in [-0.05, 0) is 36.6 Å². The van der Waals surface area contributed by atoms with Crippen LogP contribution in [0.1, 0.15) is 39.9 Å². The van der Waals surface area contributed by atoms with Gasteiger partial charge in [-0.3, -0.25) is 14.9 Å². The summed E-state index contributed by atoms with van der Waals surface area (Å²) in [5.74, 6) is -1.54. The molecular weight excluding hydrogens is 500 g/mol. The molecule has 3 aromatic carbocycles. The van der Waals surface area contributed by atoms with E-state index in [0.717, 1.165) is 0 Å². The van der Waals surface area contributed by atoms with E-state index in [-0.39, 0.29) is 17.1 Å². The summed E-state index contributed by atoms with van der Waals surface area (Å²) in [4.78, 5) is 45.8. The summed E-state index contributed by atoms with van der Waals surface area (Å²) < 4.78 is 6.11. The maximum absolute atomic E-state index is 13.7. The van der Waals surface area contributed by atoms with Crippen molar-refractivity contribution in [3.63, 3.8) is 0 Å². The summed E-state index contributed by atoms with van der Waals surface area (Å²) in [6.45, 7) is 3.59. The van der Waals surface area contributed by atoms with Crippen molar-refractivity contribution in [2.45, 2.75) is 31.9 Å². The molecule has 0 radical (unpaired) electrons. The number of non-ortho nitro benzene ring substituents is 1. The van der Waals surface area contributed by atoms with Gasteiger partial charge in [-0.1, -0.05) is 67.6 Å². The number of carboxylic acid groups (broad SMARTS) is 1. The number of aryl methyl sites for hydroxylation is 2. The second-order valence-corrected chi connectivity index (χ2v) is 8.73. The molecule has 0 aliphatic heterocycles. The fourth-order valence-corrected chi connectivity index (χ4v) is 4.35. The zero-order chi connectivity index (χ0) is 28.0. The molecule has 0 saturated carbocycles. The van der Waals surface area contributed by atoms with Crippen LogP contribution in [0.3, 0.4) is 0 Å². The average molecular weight is 527 g/mol. The number of nitro benzene ring substituents is 1. The Morgan fingerprint density at radius 1 is 0.974 bits per heavy atom. The fourth-order valence-electron chi connectivity index (χ4n) is 4.35. The van der Waals surface area contributed by atoms with Gasteiger partial charge in [0.1, 0.15) is 11.4 Å². The summed E-state index contributed by atoms with van der Waals surface area (Å²) in [6, 6.07) is 23.9. The van der Waals surface area contributed by atoms with Gasteiger partial charge in [0.2, 0.25) is 12.0 Å². The number of carbonyl (C=O) groups is 2. The molecule has 10 heteroatoms. The Morgan fingerprint density at radius 2 is 1.54 bits per heavy atom. The smallest absolute Gasteiger partial charge is 0.348 e. The predicted molar refractivity (Wildman–Crippen MR) is 142 cm³/mol. The standard InChI is InChI=1S/C29H26N4O6/c1-3-23-18-25(31-19(2)30-23)39-26(28(35)36)29(21-10-6-4-7-11-21,22-12-8-5-9-13-22)32-27(34)20-14-16-24(17-15-20)33(37)38/h4-18,26H,3H2,1-2H3,(H,32,34)(H,35,36). The molecule has 39 heavy (non-hydrogen) atoms. The van der Waals surface area contributed by atoms with E-state index < -0.39 is 28.4 Å². The van der Waals surface area contributed by atoms with Crippen molar-refractivity contribution >= 4 is 17.6 Å². The highest BCUT2D eigenvalue weighted by molar-refractivity contribution is 5.96. The van der Waals surface area contributed by atoms with Crippen LogP contribution in [0.5, 0.6) is 5.88 Å².